The fourth-order valence-corrected chi connectivity index (χ4v) is 1.14. The molecule has 0 spiro atoms. The van der Waals surface area contributed by atoms with E-state index in [1.54, 1.807) is 0 Å². The van der Waals surface area contributed by atoms with E-state index in [4.69, 9.17) is 0 Å². The van der Waals surface area contributed by atoms with E-state index >= 15 is 0 Å². The Labute approximate surface area is 65.7 Å². The van der Waals surface area contributed by atoms with Gasteiger partial charge < -0.3 is 0 Å². The first kappa shape index (κ1) is 7.80. The average Bonchev–Trinajstić information content (AvgIpc) is 2.30. The summed E-state index contributed by atoms with van der Waals surface area (Å²) >= 11 is 0.0904. The summed E-state index contributed by atoms with van der Waals surface area (Å²) in [5, 5.41) is 10.3. The summed E-state index contributed by atoms with van der Waals surface area (Å²) in [5.74, 6) is 0. The van der Waals surface area contributed by atoms with E-state index in [1.807, 2.05) is 0 Å². The molecule has 1 aliphatic heterocycles. The number of hydrogen-bond donors (Lipinski definition) is 0. The van der Waals surface area contributed by atoms with Gasteiger partial charge in [-0.2, -0.15) is 0 Å². The molecular weight excluding hydrogens is 168 g/mol. The van der Waals surface area contributed by atoms with Gasteiger partial charge in [0, 0.05) is 0 Å². The van der Waals surface area contributed by atoms with Gasteiger partial charge >= 0.3 is 5.70 Å². The highest BCUT2D eigenvalue weighted by Gasteiger charge is 2.25. The van der Waals surface area contributed by atoms with Crippen LogP contribution in [0.4, 0.5) is 0 Å². The molecule has 0 aromatic carbocycles. The summed E-state index contributed by atoms with van der Waals surface area (Å²) < 4.78 is 10.2. The van der Waals surface area contributed by atoms with Gasteiger partial charge in [0.25, 0.3) is 0 Å². The summed E-state index contributed by atoms with van der Waals surface area (Å²) in [6, 6.07) is 0. The van der Waals surface area contributed by atoms with E-state index in [-0.39, 0.29) is 27.5 Å². The lowest BCUT2D eigenvalue weighted by molar-refractivity contribution is -0.415. The van der Waals surface area contributed by atoms with Crippen molar-refractivity contribution in [1.82, 2.24) is 0 Å². The Morgan fingerprint density at radius 3 is 2.73 bits per heavy atom. The van der Waals surface area contributed by atoms with Gasteiger partial charge in [-0.05, 0) is 6.92 Å². The lowest BCUT2D eigenvalue weighted by atomic mass is 10.3. The first-order valence-electron chi connectivity index (χ1n) is 2.73. The predicted octanol–water partition coefficient (Wildman–Crippen LogP) is -0.0356. The molecule has 11 heavy (non-hydrogen) atoms. The second-order valence-electron chi connectivity index (χ2n) is 1.90. The van der Waals surface area contributed by atoms with E-state index in [2.05, 4.69) is 4.99 Å². The molecule has 0 aromatic heterocycles. The van der Waals surface area contributed by atoms with Crippen molar-refractivity contribution in [2.24, 2.45) is 4.99 Å². The van der Waals surface area contributed by atoms with Crippen LogP contribution in [0.1, 0.15) is 6.92 Å². The van der Waals surface area contributed by atoms with Crippen molar-refractivity contribution in [2.75, 3.05) is 0 Å². The van der Waals surface area contributed by atoms with Crippen LogP contribution in [0.5, 0.6) is 0 Å². The van der Waals surface area contributed by atoms with Crippen LogP contribution < -0.4 is 0 Å². The standard InChI is InChI=1S/C5H4N2O3S/c1-3-5(7(8)9)4(11-10)2-6-3/h2H,1H3. The van der Waals surface area contributed by atoms with Gasteiger partial charge in [-0.25, -0.2) is 4.21 Å². The molecule has 1 heterocycles. The number of nitro groups is 1. The Morgan fingerprint density at radius 1 is 1.73 bits per heavy atom. The quantitative estimate of drug-likeness (QED) is 0.316. The van der Waals surface area contributed by atoms with Crippen LogP contribution in [0.2, 0.25) is 0 Å². The van der Waals surface area contributed by atoms with Gasteiger partial charge in [0.1, 0.15) is 17.0 Å². The molecule has 1 aliphatic rings. The molecule has 0 unspecified atom stereocenters. The second-order valence-corrected chi connectivity index (χ2v) is 2.50. The fraction of sp³-hybridized carbons (Fsp3) is 0.200. The SMILES string of the molecule is CC1=C([N+](=O)[O-])C(=S=O)C=N1. The highest BCUT2D eigenvalue weighted by atomic mass is 32.1. The third-order valence-corrected chi connectivity index (χ3v) is 1.70. The van der Waals surface area contributed by atoms with E-state index < -0.39 is 4.92 Å². The van der Waals surface area contributed by atoms with Crippen LogP contribution in [0.3, 0.4) is 0 Å². The van der Waals surface area contributed by atoms with Gasteiger partial charge in [0.05, 0.1) is 11.1 Å². The molecule has 6 heteroatoms. The Bertz CT molecular complexity index is 325. The molecule has 0 bridgehead atoms. The summed E-state index contributed by atoms with van der Waals surface area (Å²) in [7, 11) is 0. The van der Waals surface area contributed by atoms with Crippen LogP contribution in [-0.4, -0.2) is 20.2 Å². The lowest BCUT2D eigenvalue weighted by Gasteiger charge is -1.88. The Kier molecular flexibility index (Phi) is 1.95. The monoisotopic (exact) mass is 172 g/mol. The topological polar surface area (TPSA) is 72.6 Å². The largest absolute Gasteiger partial charge is 0.312 e. The number of aliphatic imine (C=N–C) groups is 1. The molecule has 0 N–H and O–H groups in total. The van der Waals surface area contributed by atoms with Gasteiger partial charge in [0.15, 0.2) is 4.86 Å². The smallest absolute Gasteiger partial charge is 0.258 e. The molecular formula is C5H4N2O3S. The van der Waals surface area contributed by atoms with Crippen molar-refractivity contribution in [1.29, 1.82) is 0 Å². The van der Waals surface area contributed by atoms with Crippen LogP contribution in [-0.2, 0) is 11.3 Å². The van der Waals surface area contributed by atoms with Crippen LogP contribution in [0.25, 0.3) is 0 Å². The van der Waals surface area contributed by atoms with E-state index in [0.717, 1.165) is 0 Å². The Morgan fingerprint density at radius 2 is 2.36 bits per heavy atom. The zero-order chi connectivity index (χ0) is 8.43. The van der Waals surface area contributed by atoms with Crippen molar-refractivity contribution in [3.63, 3.8) is 0 Å². The lowest BCUT2D eigenvalue weighted by Crippen LogP contribution is -2.09. The number of allylic oxidation sites excluding steroid dienone is 2. The van der Waals surface area contributed by atoms with Crippen molar-refractivity contribution in [3.05, 3.63) is 21.5 Å². The normalized spacial score (nSPS) is 15.9. The maximum atomic E-state index is 10.3. The molecule has 5 nitrogen and oxygen atoms in total. The molecule has 0 atom stereocenters. The molecule has 0 fully saturated rings. The number of nitrogens with zero attached hydrogens (tertiary/aromatic N) is 2. The van der Waals surface area contributed by atoms with Gasteiger partial charge in [0.2, 0.25) is 0 Å². The second kappa shape index (κ2) is 2.75. The zero-order valence-electron chi connectivity index (χ0n) is 5.60. The van der Waals surface area contributed by atoms with Crippen molar-refractivity contribution < 1.29 is 9.13 Å². The maximum absolute atomic E-state index is 10.3. The van der Waals surface area contributed by atoms with Crippen molar-refractivity contribution in [2.45, 2.75) is 6.92 Å². The average molecular weight is 172 g/mol. The summed E-state index contributed by atoms with van der Waals surface area (Å²) in [6.45, 7) is 1.50. The first-order valence-corrected chi connectivity index (χ1v) is 3.47. The highest BCUT2D eigenvalue weighted by molar-refractivity contribution is 7.68. The van der Waals surface area contributed by atoms with Crippen LogP contribution in [0.15, 0.2) is 16.4 Å². The molecule has 0 aliphatic carbocycles. The van der Waals surface area contributed by atoms with Crippen LogP contribution in [0, 0.1) is 10.1 Å². The molecule has 0 saturated heterocycles. The minimum absolute atomic E-state index is 0.0764. The minimum atomic E-state index is -0.595. The van der Waals surface area contributed by atoms with Gasteiger partial charge in [-0.15, -0.1) is 0 Å². The Hall–Kier alpha value is -1.30. The summed E-state index contributed by atoms with van der Waals surface area (Å²) in [6.07, 6.45) is 1.21. The van der Waals surface area contributed by atoms with Crippen molar-refractivity contribution >= 4 is 22.3 Å². The predicted molar refractivity (Wildman–Crippen MR) is 41.3 cm³/mol. The number of hydrogen-bond acceptors (Lipinski definition) is 4. The van der Waals surface area contributed by atoms with Crippen LogP contribution >= 0.6 is 0 Å². The third-order valence-electron chi connectivity index (χ3n) is 1.22. The summed E-state index contributed by atoms with van der Waals surface area (Å²) in [4.78, 5) is 13.4. The molecule has 0 radical (unpaired) electrons. The molecule has 1 rings (SSSR count). The van der Waals surface area contributed by atoms with Gasteiger partial charge in [-0.1, -0.05) is 0 Å². The van der Waals surface area contributed by atoms with E-state index in [9.17, 15) is 14.3 Å². The fourth-order valence-electron chi connectivity index (χ4n) is 0.739. The van der Waals surface area contributed by atoms with E-state index in [0.29, 0.717) is 0 Å². The number of rotatable bonds is 1. The molecule has 0 aromatic rings. The third kappa shape index (κ3) is 1.25. The zero-order valence-corrected chi connectivity index (χ0v) is 6.42. The first-order chi connectivity index (χ1) is 5.16. The minimum Gasteiger partial charge on any atom is -0.258 e. The molecule has 0 amide bonds. The Balaban J connectivity index is 3.22. The molecule has 0 saturated carbocycles. The highest BCUT2D eigenvalue weighted by Crippen LogP contribution is 2.12. The molecule has 58 valence electrons. The maximum Gasteiger partial charge on any atom is 0.312 e. The summed E-state index contributed by atoms with van der Waals surface area (Å²) in [5.41, 5.74) is 0.110. The van der Waals surface area contributed by atoms with Gasteiger partial charge in [-0.3, -0.25) is 15.1 Å². The van der Waals surface area contributed by atoms with Crippen molar-refractivity contribution in [3.8, 4) is 0 Å². The van der Waals surface area contributed by atoms with E-state index in [1.165, 1.54) is 13.1 Å².